The van der Waals surface area contributed by atoms with Gasteiger partial charge in [0.2, 0.25) is 11.9 Å². The summed E-state index contributed by atoms with van der Waals surface area (Å²) < 4.78 is 2.37. The Morgan fingerprint density at radius 1 is 1.15 bits per heavy atom. The highest BCUT2D eigenvalue weighted by atomic mass is 32.1. The maximum absolute atomic E-state index is 13.4. The van der Waals surface area contributed by atoms with Crippen molar-refractivity contribution in [1.29, 1.82) is 0 Å². The number of nitrogens with one attached hydrogen (secondary N) is 1. The van der Waals surface area contributed by atoms with Gasteiger partial charge in [-0.3, -0.25) is 14.6 Å². The van der Waals surface area contributed by atoms with Crippen LogP contribution >= 0.6 is 11.3 Å². The number of nitrogens with zero attached hydrogens (tertiary/aromatic N) is 4. The molecule has 1 unspecified atom stereocenters. The Kier molecular flexibility index (Phi) is 6.15. The van der Waals surface area contributed by atoms with Gasteiger partial charge in [0.1, 0.15) is 4.70 Å². The van der Waals surface area contributed by atoms with Crippen LogP contribution in [0, 0.1) is 12.8 Å². The summed E-state index contributed by atoms with van der Waals surface area (Å²) in [5.41, 5.74) is 3.60. The zero-order chi connectivity index (χ0) is 23.7. The number of benzene rings is 1. The maximum Gasteiger partial charge on any atom is 0.277 e. The molecular weight excluding hydrogens is 446 g/mol. The monoisotopic (exact) mass is 473 g/mol. The molecule has 4 aromatic rings. The second-order valence-corrected chi connectivity index (χ2v) is 9.72. The summed E-state index contributed by atoms with van der Waals surface area (Å²) in [5.74, 6) is 0.635. The van der Waals surface area contributed by atoms with Gasteiger partial charge in [-0.05, 0) is 61.9 Å². The first kappa shape index (κ1) is 22.3. The molecule has 0 saturated carbocycles. The molecule has 1 amide bonds. The molecule has 1 aromatic carbocycles. The molecule has 0 aliphatic carbocycles. The second kappa shape index (κ2) is 9.38. The summed E-state index contributed by atoms with van der Waals surface area (Å²) in [4.78, 5) is 37.5. The van der Waals surface area contributed by atoms with Gasteiger partial charge in [0, 0.05) is 31.4 Å². The molecule has 0 radical (unpaired) electrons. The SMILES string of the molecule is Cc1ccc(-n2c(N3CCC(C(=O)NC(C)c4cccnc4)CC3)nc3ccsc3c2=O)cc1. The smallest absolute Gasteiger partial charge is 0.277 e. The van der Waals surface area contributed by atoms with Crippen molar-refractivity contribution in [2.45, 2.75) is 32.7 Å². The van der Waals surface area contributed by atoms with E-state index in [-0.39, 0.29) is 23.4 Å². The van der Waals surface area contributed by atoms with E-state index >= 15 is 0 Å². The Morgan fingerprint density at radius 3 is 2.62 bits per heavy atom. The molecule has 34 heavy (non-hydrogen) atoms. The Bertz CT molecular complexity index is 1360. The summed E-state index contributed by atoms with van der Waals surface area (Å²) in [7, 11) is 0. The molecule has 1 aliphatic rings. The van der Waals surface area contributed by atoms with Crippen molar-refractivity contribution in [3.63, 3.8) is 0 Å². The molecule has 1 aliphatic heterocycles. The highest BCUT2D eigenvalue weighted by Gasteiger charge is 2.29. The van der Waals surface area contributed by atoms with Crippen molar-refractivity contribution in [1.82, 2.24) is 19.9 Å². The Balaban J connectivity index is 1.36. The van der Waals surface area contributed by atoms with Crippen molar-refractivity contribution in [2.75, 3.05) is 18.0 Å². The predicted octanol–water partition coefficient (Wildman–Crippen LogP) is 4.24. The highest BCUT2D eigenvalue weighted by molar-refractivity contribution is 7.17. The third-order valence-corrected chi connectivity index (χ3v) is 7.34. The molecule has 8 heteroatoms. The van der Waals surface area contributed by atoms with Gasteiger partial charge in [-0.1, -0.05) is 23.8 Å². The summed E-state index contributed by atoms with van der Waals surface area (Å²) in [5, 5.41) is 5.03. The largest absolute Gasteiger partial charge is 0.349 e. The average Bonchev–Trinajstić information content (AvgIpc) is 3.34. The van der Waals surface area contributed by atoms with E-state index in [1.807, 2.05) is 61.7 Å². The lowest BCUT2D eigenvalue weighted by molar-refractivity contribution is -0.126. The fourth-order valence-electron chi connectivity index (χ4n) is 4.43. The van der Waals surface area contributed by atoms with Gasteiger partial charge in [-0.2, -0.15) is 0 Å². The Hall–Kier alpha value is -3.52. The number of carbonyl (C=O) groups is 1. The number of carbonyl (C=O) groups excluding carboxylic acids is 1. The number of aryl methyl sites for hydroxylation is 1. The van der Waals surface area contributed by atoms with Crippen LogP contribution in [0.15, 0.2) is 65.0 Å². The van der Waals surface area contributed by atoms with Crippen LogP contribution in [0.1, 0.15) is 36.9 Å². The van der Waals surface area contributed by atoms with E-state index < -0.39 is 0 Å². The van der Waals surface area contributed by atoms with E-state index in [1.165, 1.54) is 11.3 Å². The lowest BCUT2D eigenvalue weighted by Crippen LogP contribution is -2.43. The molecule has 1 atom stereocenters. The number of amides is 1. The number of aromatic nitrogens is 3. The van der Waals surface area contributed by atoms with Gasteiger partial charge in [-0.15, -0.1) is 11.3 Å². The Labute approximate surface area is 202 Å². The minimum absolute atomic E-state index is 0.0518. The van der Waals surface area contributed by atoms with E-state index in [1.54, 1.807) is 17.0 Å². The van der Waals surface area contributed by atoms with Crippen molar-refractivity contribution in [3.05, 3.63) is 81.7 Å². The van der Waals surface area contributed by atoms with Crippen molar-refractivity contribution in [3.8, 4) is 5.69 Å². The Morgan fingerprint density at radius 2 is 1.91 bits per heavy atom. The summed E-state index contributed by atoms with van der Waals surface area (Å²) in [6.45, 7) is 5.32. The molecule has 3 aromatic heterocycles. The average molecular weight is 474 g/mol. The van der Waals surface area contributed by atoms with E-state index in [0.29, 0.717) is 36.6 Å². The zero-order valence-electron chi connectivity index (χ0n) is 19.3. The fraction of sp³-hybridized carbons (Fsp3) is 0.308. The quantitative estimate of drug-likeness (QED) is 0.469. The van der Waals surface area contributed by atoms with Gasteiger partial charge >= 0.3 is 0 Å². The first-order valence-corrected chi connectivity index (χ1v) is 12.4. The predicted molar refractivity (Wildman–Crippen MR) is 136 cm³/mol. The molecule has 4 heterocycles. The number of piperidine rings is 1. The summed E-state index contributed by atoms with van der Waals surface area (Å²) in [6.07, 6.45) is 4.92. The van der Waals surface area contributed by atoms with Crippen molar-refractivity contribution < 1.29 is 4.79 Å². The fourth-order valence-corrected chi connectivity index (χ4v) is 5.19. The number of pyridine rings is 1. The first-order valence-electron chi connectivity index (χ1n) is 11.5. The number of anilines is 1. The molecule has 0 spiro atoms. The van der Waals surface area contributed by atoms with Gasteiger partial charge in [0.15, 0.2) is 0 Å². The molecule has 7 nitrogen and oxygen atoms in total. The van der Waals surface area contributed by atoms with Crippen LogP contribution in [-0.2, 0) is 4.79 Å². The van der Waals surface area contributed by atoms with Crippen molar-refractivity contribution in [2.24, 2.45) is 5.92 Å². The number of hydrogen-bond donors (Lipinski definition) is 1. The van der Waals surface area contributed by atoms with Gasteiger partial charge in [0.25, 0.3) is 5.56 Å². The van der Waals surface area contributed by atoms with Crippen LogP contribution in [0.25, 0.3) is 15.9 Å². The van der Waals surface area contributed by atoms with Crippen LogP contribution in [0.4, 0.5) is 5.95 Å². The molecule has 174 valence electrons. The third-order valence-electron chi connectivity index (χ3n) is 6.45. The van der Waals surface area contributed by atoms with E-state index in [9.17, 15) is 9.59 Å². The number of rotatable bonds is 5. The first-order chi connectivity index (χ1) is 16.5. The van der Waals surface area contributed by atoms with Crippen molar-refractivity contribution >= 4 is 33.4 Å². The van der Waals surface area contributed by atoms with Crippen LogP contribution in [-0.4, -0.2) is 33.5 Å². The summed E-state index contributed by atoms with van der Waals surface area (Å²) in [6, 6.07) is 13.6. The van der Waals surface area contributed by atoms with E-state index in [0.717, 1.165) is 22.3 Å². The topological polar surface area (TPSA) is 80.1 Å². The summed E-state index contributed by atoms with van der Waals surface area (Å²) >= 11 is 1.42. The zero-order valence-corrected chi connectivity index (χ0v) is 20.1. The van der Waals surface area contributed by atoms with E-state index in [2.05, 4.69) is 15.2 Å². The number of thiophene rings is 1. The normalized spacial score (nSPS) is 15.4. The molecule has 5 rings (SSSR count). The highest BCUT2D eigenvalue weighted by Crippen LogP contribution is 2.27. The molecule has 1 saturated heterocycles. The molecular formula is C26H27N5O2S. The molecule has 1 fully saturated rings. The van der Waals surface area contributed by atoms with Gasteiger partial charge in [-0.25, -0.2) is 9.55 Å². The minimum atomic E-state index is -0.0892. The second-order valence-electron chi connectivity index (χ2n) is 8.80. The molecule has 1 N–H and O–H groups in total. The van der Waals surface area contributed by atoms with Gasteiger partial charge in [0.05, 0.1) is 17.2 Å². The van der Waals surface area contributed by atoms with E-state index in [4.69, 9.17) is 4.98 Å². The number of hydrogen-bond acceptors (Lipinski definition) is 6. The number of fused-ring (bicyclic) bond motifs is 1. The lowest BCUT2D eigenvalue weighted by Gasteiger charge is -2.33. The van der Waals surface area contributed by atoms with Crippen LogP contribution in [0.3, 0.4) is 0 Å². The lowest BCUT2D eigenvalue weighted by atomic mass is 9.95. The minimum Gasteiger partial charge on any atom is -0.349 e. The molecule has 0 bridgehead atoms. The van der Waals surface area contributed by atoms with Crippen LogP contribution in [0.5, 0.6) is 0 Å². The van der Waals surface area contributed by atoms with Gasteiger partial charge < -0.3 is 10.2 Å². The standard InChI is InChI=1S/C26H27N5O2S/c1-17-5-7-21(8-6-17)31-25(33)23-22(11-15-34-23)29-26(31)30-13-9-19(10-14-30)24(32)28-18(2)20-4-3-12-27-16-20/h3-8,11-12,15-16,18-19H,9-10,13-14H2,1-2H3,(H,28,32). The van der Waals surface area contributed by atoms with Crippen LogP contribution in [0.2, 0.25) is 0 Å². The van der Waals surface area contributed by atoms with Crippen LogP contribution < -0.4 is 15.8 Å². The third kappa shape index (κ3) is 4.33. The maximum atomic E-state index is 13.4.